The van der Waals surface area contributed by atoms with Crippen molar-refractivity contribution in [1.29, 1.82) is 0 Å². The van der Waals surface area contributed by atoms with Crippen LogP contribution in [-0.2, 0) is 14.2 Å². The lowest BCUT2D eigenvalue weighted by atomic mass is 9.50. The van der Waals surface area contributed by atoms with Gasteiger partial charge in [-0.25, -0.2) is 0 Å². The second-order valence-corrected chi connectivity index (χ2v) is 9.59. The molecular weight excluding hydrogens is 336 g/mol. The van der Waals surface area contributed by atoms with E-state index in [2.05, 4.69) is 0 Å². The highest BCUT2D eigenvalue weighted by Crippen LogP contribution is 2.60. The summed E-state index contributed by atoms with van der Waals surface area (Å²) in [6.45, 7) is 0. The largest absolute Gasteiger partial charge is 0.331 e. The van der Waals surface area contributed by atoms with Crippen LogP contribution >= 0.6 is 0 Å². The van der Waals surface area contributed by atoms with E-state index in [9.17, 15) is 0 Å². The van der Waals surface area contributed by atoms with Gasteiger partial charge in [-0.3, -0.25) is 0 Å². The average molecular weight is 381 g/mol. The molecule has 0 aliphatic heterocycles. The van der Waals surface area contributed by atoms with Gasteiger partial charge in [0.1, 0.15) is 0 Å². The highest BCUT2D eigenvalue weighted by molar-refractivity contribution is 5.01. The summed E-state index contributed by atoms with van der Waals surface area (Å²) in [6.07, 6.45) is 22.1. The Kier molecular flexibility index (Phi) is 8.05. The maximum absolute atomic E-state index is 5.92. The third-order valence-electron chi connectivity index (χ3n) is 8.55. The summed E-state index contributed by atoms with van der Waals surface area (Å²) < 4.78 is 17.8. The number of ether oxygens (including phenoxy) is 3. The molecule has 3 heteroatoms. The van der Waals surface area contributed by atoms with Crippen molar-refractivity contribution >= 4 is 0 Å². The lowest BCUT2D eigenvalue weighted by Gasteiger charge is -2.57. The molecule has 0 atom stereocenters. The Morgan fingerprint density at radius 2 is 0.815 bits per heavy atom. The highest BCUT2D eigenvalue weighted by atomic mass is 16.9. The van der Waals surface area contributed by atoms with Crippen LogP contribution in [0.1, 0.15) is 103 Å². The summed E-state index contributed by atoms with van der Waals surface area (Å²) >= 11 is 0. The normalized spacial score (nSPS) is 25.0. The van der Waals surface area contributed by atoms with Crippen LogP contribution in [-0.4, -0.2) is 27.3 Å². The molecular formula is C24H44O3. The van der Waals surface area contributed by atoms with Crippen molar-refractivity contribution in [2.75, 3.05) is 21.3 Å². The minimum absolute atomic E-state index is 0.323. The fourth-order valence-corrected chi connectivity index (χ4v) is 7.19. The SMILES string of the molecule is COC(CC(C1CCCCC1)(C1CCCCC1)C1CCCCC1)(OC)OC. The molecule has 0 aromatic carbocycles. The molecule has 0 spiro atoms. The van der Waals surface area contributed by atoms with Gasteiger partial charge < -0.3 is 14.2 Å². The zero-order chi connectivity index (χ0) is 19.2. The molecule has 3 aliphatic rings. The molecule has 3 rings (SSSR count). The minimum Gasteiger partial charge on any atom is -0.331 e. The van der Waals surface area contributed by atoms with E-state index >= 15 is 0 Å². The topological polar surface area (TPSA) is 27.7 Å². The van der Waals surface area contributed by atoms with E-state index in [0.717, 1.165) is 24.2 Å². The van der Waals surface area contributed by atoms with Gasteiger partial charge in [0.2, 0.25) is 0 Å². The van der Waals surface area contributed by atoms with Gasteiger partial charge in [0.05, 0.1) is 0 Å². The monoisotopic (exact) mass is 380 g/mol. The molecule has 0 bridgehead atoms. The van der Waals surface area contributed by atoms with Gasteiger partial charge in [-0.1, -0.05) is 57.8 Å². The Bertz CT molecular complexity index is 360. The summed E-state index contributed by atoms with van der Waals surface area (Å²) in [5.74, 6) is 1.57. The first-order valence-electron chi connectivity index (χ1n) is 11.9. The second kappa shape index (κ2) is 10.1. The highest BCUT2D eigenvalue weighted by Gasteiger charge is 2.55. The Labute approximate surface area is 167 Å². The third kappa shape index (κ3) is 4.56. The summed E-state index contributed by atoms with van der Waals surface area (Å²) in [5.41, 5.74) is 0.323. The van der Waals surface area contributed by atoms with E-state index in [0.29, 0.717) is 5.41 Å². The Hall–Kier alpha value is -0.120. The average Bonchev–Trinajstić information content (AvgIpc) is 2.77. The summed E-state index contributed by atoms with van der Waals surface area (Å²) in [6, 6.07) is 0. The van der Waals surface area contributed by atoms with E-state index in [4.69, 9.17) is 14.2 Å². The van der Waals surface area contributed by atoms with Crippen molar-refractivity contribution in [3.8, 4) is 0 Å². The van der Waals surface area contributed by atoms with Crippen molar-refractivity contribution in [2.24, 2.45) is 23.2 Å². The predicted octanol–water partition coefficient (Wildman–Crippen LogP) is 6.70. The molecule has 0 heterocycles. The first-order valence-corrected chi connectivity index (χ1v) is 11.9. The number of rotatable bonds is 8. The molecule has 0 saturated heterocycles. The fraction of sp³-hybridized carbons (Fsp3) is 1.00. The van der Waals surface area contributed by atoms with Gasteiger partial charge in [0, 0.05) is 27.8 Å². The minimum atomic E-state index is -0.883. The van der Waals surface area contributed by atoms with Crippen LogP contribution in [0, 0.1) is 23.2 Å². The number of hydrogen-bond donors (Lipinski definition) is 0. The third-order valence-corrected chi connectivity index (χ3v) is 8.55. The van der Waals surface area contributed by atoms with Gasteiger partial charge in [0.25, 0.3) is 5.97 Å². The quantitative estimate of drug-likeness (QED) is 0.439. The van der Waals surface area contributed by atoms with E-state index in [-0.39, 0.29) is 0 Å². The van der Waals surface area contributed by atoms with Gasteiger partial charge in [-0.15, -0.1) is 0 Å². The van der Waals surface area contributed by atoms with Crippen LogP contribution in [0.2, 0.25) is 0 Å². The Morgan fingerprint density at radius 1 is 0.519 bits per heavy atom. The van der Waals surface area contributed by atoms with Crippen LogP contribution < -0.4 is 0 Å². The van der Waals surface area contributed by atoms with Crippen LogP contribution in [0.25, 0.3) is 0 Å². The molecule has 3 saturated carbocycles. The number of methoxy groups -OCH3 is 3. The molecule has 3 fully saturated rings. The fourth-order valence-electron chi connectivity index (χ4n) is 7.19. The predicted molar refractivity (Wildman–Crippen MR) is 111 cm³/mol. The Morgan fingerprint density at radius 3 is 1.07 bits per heavy atom. The van der Waals surface area contributed by atoms with Gasteiger partial charge in [-0.2, -0.15) is 0 Å². The summed E-state index contributed by atoms with van der Waals surface area (Å²) in [5, 5.41) is 0. The maximum Gasteiger partial charge on any atom is 0.282 e. The molecule has 0 unspecified atom stereocenters. The lowest BCUT2D eigenvalue weighted by molar-refractivity contribution is -0.374. The van der Waals surface area contributed by atoms with Crippen molar-refractivity contribution in [1.82, 2.24) is 0 Å². The molecule has 27 heavy (non-hydrogen) atoms. The summed E-state index contributed by atoms with van der Waals surface area (Å²) in [4.78, 5) is 0. The van der Waals surface area contributed by atoms with Crippen LogP contribution in [0.4, 0.5) is 0 Å². The summed E-state index contributed by atoms with van der Waals surface area (Å²) in [7, 11) is 5.29. The molecule has 158 valence electrons. The molecule has 0 amide bonds. The maximum atomic E-state index is 5.92. The molecule has 0 radical (unpaired) electrons. The standard InChI is InChI=1S/C24H44O3/c1-25-24(26-2,27-3)19-23(20-13-7-4-8-14-20,21-15-9-5-10-16-21)22-17-11-6-12-18-22/h20-22H,4-19H2,1-3H3. The molecule has 0 aromatic heterocycles. The van der Waals surface area contributed by atoms with E-state index in [1.807, 2.05) is 0 Å². The van der Waals surface area contributed by atoms with Gasteiger partial charge >= 0.3 is 0 Å². The number of hydrogen-bond acceptors (Lipinski definition) is 3. The molecule has 0 aromatic rings. The zero-order valence-electron chi connectivity index (χ0n) is 18.3. The van der Waals surface area contributed by atoms with Crippen molar-refractivity contribution < 1.29 is 14.2 Å². The zero-order valence-corrected chi connectivity index (χ0v) is 18.3. The smallest absolute Gasteiger partial charge is 0.282 e. The first-order chi connectivity index (χ1) is 13.2. The molecule has 3 aliphatic carbocycles. The first kappa shape index (κ1) is 21.6. The second-order valence-electron chi connectivity index (χ2n) is 9.59. The van der Waals surface area contributed by atoms with Crippen molar-refractivity contribution in [3.63, 3.8) is 0 Å². The van der Waals surface area contributed by atoms with E-state index < -0.39 is 5.97 Å². The van der Waals surface area contributed by atoms with Crippen LogP contribution in [0.15, 0.2) is 0 Å². The Balaban J connectivity index is 2.01. The van der Waals surface area contributed by atoms with Gasteiger partial charge in [0.15, 0.2) is 0 Å². The molecule has 0 N–H and O–H groups in total. The lowest BCUT2D eigenvalue weighted by Crippen LogP contribution is -2.53. The van der Waals surface area contributed by atoms with Crippen LogP contribution in [0.3, 0.4) is 0 Å². The van der Waals surface area contributed by atoms with Crippen LogP contribution in [0.5, 0.6) is 0 Å². The van der Waals surface area contributed by atoms with Crippen molar-refractivity contribution in [3.05, 3.63) is 0 Å². The van der Waals surface area contributed by atoms with Crippen molar-refractivity contribution in [2.45, 2.75) is 109 Å². The van der Waals surface area contributed by atoms with E-state index in [1.54, 1.807) is 21.3 Å². The van der Waals surface area contributed by atoms with E-state index in [1.165, 1.54) is 96.3 Å². The van der Waals surface area contributed by atoms with Gasteiger partial charge in [-0.05, 0) is 61.7 Å². The molecule has 3 nitrogen and oxygen atoms in total.